The van der Waals surface area contributed by atoms with E-state index in [1.807, 2.05) is 0 Å². The number of fused-ring (bicyclic) bond motifs is 1. The number of piperidine rings is 1. The number of hydrogen-bond donors (Lipinski definition) is 2. The minimum absolute atomic E-state index is 0.0829. The Morgan fingerprint density at radius 3 is 2.50 bits per heavy atom. The summed E-state index contributed by atoms with van der Waals surface area (Å²) in [5, 5.41) is 5.45. The number of ether oxygens (including phenoxy) is 3. The van der Waals surface area contributed by atoms with Crippen LogP contribution in [0.3, 0.4) is 0 Å². The van der Waals surface area contributed by atoms with Crippen molar-refractivity contribution in [1.29, 1.82) is 0 Å². The van der Waals surface area contributed by atoms with E-state index in [0.29, 0.717) is 42.6 Å². The average molecular weight is 419 g/mol. The summed E-state index contributed by atoms with van der Waals surface area (Å²) in [7, 11) is 0. The predicted octanol–water partition coefficient (Wildman–Crippen LogP) is 1.91. The van der Waals surface area contributed by atoms with Gasteiger partial charge in [0.05, 0.1) is 0 Å². The second kappa shape index (κ2) is 9.23. The standard InChI is InChI=1S/C21H29N3O6/c1-21(2,3)30-20(27)23-12-18(25)24-8-6-14(7-9-24)11-22-19(26)15-4-5-16-17(10-15)29-13-28-16/h4-5,10,14H,6-9,11-13H2,1-3H3,(H,22,26)(H,23,27). The number of amides is 3. The molecule has 3 rings (SSSR count). The van der Waals surface area contributed by atoms with Gasteiger partial charge in [0.2, 0.25) is 12.7 Å². The number of carbonyl (C=O) groups excluding carboxylic acids is 3. The number of nitrogens with zero attached hydrogens (tertiary/aromatic N) is 1. The van der Waals surface area contributed by atoms with Gasteiger partial charge in [0.15, 0.2) is 11.5 Å². The van der Waals surface area contributed by atoms with E-state index in [1.54, 1.807) is 43.9 Å². The number of nitrogens with one attached hydrogen (secondary N) is 2. The normalized spacial score (nSPS) is 16.2. The van der Waals surface area contributed by atoms with Crippen LogP contribution in [-0.4, -0.2) is 61.4 Å². The van der Waals surface area contributed by atoms with Crippen molar-refractivity contribution in [2.45, 2.75) is 39.2 Å². The van der Waals surface area contributed by atoms with Crippen LogP contribution in [0.15, 0.2) is 18.2 Å². The van der Waals surface area contributed by atoms with Crippen molar-refractivity contribution in [1.82, 2.24) is 15.5 Å². The van der Waals surface area contributed by atoms with Gasteiger partial charge < -0.3 is 29.7 Å². The SMILES string of the molecule is CC(C)(C)OC(=O)NCC(=O)N1CCC(CNC(=O)c2ccc3c(c2)OCO3)CC1. The Balaban J connectivity index is 1.36. The van der Waals surface area contributed by atoms with Crippen LogP contribution in [0.25, 0.3) is 0 Å². The molecule has 0 spiro atoms. The van der Waals surface area contributed by atoms with Crippen molar-refractivity contribution < 1.29 is 28.6 Å². The maximum atomic E-state index is 12.4. The number of likely N-dealkylation sites (tertiary alicyclic amines) is 1. The summed E-state index contributed by atoms with van der Waals surface area (Å²) in [4.78, 5) is 38.1. The van der Waals surface area contributed by atoms with Gasteiger partial charge in [-0.3, -0.25) is 9.59 Å². The molecule has 0 radical (unpaired) electrons. The minimum Gasteiger partial charge on any atom is -0.454 e. The fraction of sp³-hybridized carbons (Fsp3) is 0.571. The summed E-state index contributed by atoms with van der Waals surface area (Å²) in [6, 6.07) is 5.12. The molecule has 0 bridgehead atoms. The second-order valence-corrected chi connectivity index (χ2v) is 8.46. The fourth-order valence-corrected chi connectivity index (χ4v) is 3.34. The molecule has 2 N–H and O–H groups in total. The second-order valence-electron chi connectivity index (χ2n) is 8.46. The smallest absolute Gasteiger partial charge is 0.408 e. The lowest BCUT2D eigenvalue weighted by atomic mass is 9.96. The quantitative estimate of drug-likeness (QED) is 0.755. The molecule has 9 nitrogen and oxygen atoms in total. The summed E-state index contributed by atoms with van der Waals surface area (Å²) in [5.74, 6) is 1.22. The number of hydrogen-bond acceptors (Lipinski definition) is 6. The van der Waals surface area contributed by atoms with Crippen molar-refractivity contribution >= 4 is 17.9 Å². The Labute approximate surface area is 176 Å². The molecule has 1 fully saturated rings. The summed E-state index contributed by atoms with van der Waals surface area (Å²) < 4.78 is 15.7. The first-order valence-electron chi connectivity index (χ1n) is 10.1. The van der Waals surface area contributed by atoms with E-state index in [-0.39, 0.29) is 25.2 Å². The molecule has 0 unspecified atom stereocenters. The largest absolute Gasteiger partial charge is 0.454 e. The lowest BCUT2D eigenvalue weighted by molar-refractivity contribution is -0.131. The number of carbonyl (C=O) groups is 3. The maximum absolute atomic E-state index is 12.4. The molecule has 164 valence electrons. The van der Waals surface area contributed by atoms with Gasteiger partial charge in [-0.2, -0.15) is 0 Å². The first-order valence-corrected chi connectivity index (χ1v) is 10.1. The van der Waals surface area contributed by atoms with Crippen molar-refractivity contribution in [3.63, 3.8) is 0 Å². The number of alkyl carbamates (subject to hydrolysis) is 1. The topological polar surface area (TPSA) is 106 Å². The summed E-state index contributed by atoms with van der Waals surface area (Å²) >= 11 is 0. The van der Waals surface area contributed by atoms with Crippen LogP contribution in [-0.2, 0) is 9.53 Å². The van der Waals surface area contributed by atoms with Crippen molar-refractivity contribution in [2.75, 3.05) is 33.0 Å². The molecule has 0 saturated carbocycles. The fourth-order valence-electron chi connectivity index (χ4n) is 3.34. The van der Waals surface area contributed by atoms with Gasteiger partial charge in [-0.15, -0.1) is 0 Å². The molecule has 9 heteroatoms. The van der Waals surface area contributed by atoms with Gasteiger partial charge >= 0.3 is 6.09 Å². The van der Waals surface area contributed by atoms with Gasteiger partial charge in [-0.05, 0) is 57.7 Å². The molecule has 30 heavy (non-hydrogen) atoms. The summed E-state index contributed by atoms with van der Waals surface area (Å²) in [6.07, 6.45) is 0.983. The first kappa shape index (κ1) is 21.7. The van der Waals surface area contributed by atoms with E-state index in [9.17, 15) is 14.4 Å². The zero-order valence-corrected chi connectivity index (χ0v) is 17.7. The molecule has 0 atom stereocenters. The highest BCUT2D eigenvalue weighted by molar-refractivity contribution is 5.94. The Hall–Kier alpha value is -2.97. The van der Waals surface area contributed by atoms with Gasteiger partial charge in [0.25, 0.3) is 5.91 Å². The molecule has 0 aromatic heterocycles. The highest BCUT2D eigenvalue weighted by Crippen LogP contribution is 2.32. The Morgan fingerprint density at radius 2 is 1.80 bits per heavy atom. The molecule has 1 saturated heterocycles. The van der Waals surface area contributed by atoms with E-state index >= 15 is 0 Å². The van der Waals surface area contributed by atoms with E-state index < -0.39 is 11.7 Å². The predicted molar refractivity (Wildman–Crippen MR) is 108 cm³/mol. The highest BCUT2D eigenvalue weighted by atomic mass is 16.7. The molecular weight excluding hydrogens is 390 g/mol. The molecule has 3 amide bonds. The third-order valence-electron chi connectivity index (χ3n) is 4.94. The van der Waals surface area contributed by atoms with Crippen molar-refractivity contribution in [3.05, 3.63) is 23.8 Å². The molecular formula is C21H29N3O6. The van der Waals surface area contributed by atoms with E-state index in [4.69, 9.17) is 14.2 Å². The number of rotatable bonds is 5. The maximum Gasteiger partial charge on any atom is 0.408 e. The van der Waals surface area contributed by atoms with Crippen LogP contribution in [0, 0.1) is 5.92 Å². The molecule has 0 aliphatic carbocycles. The number of benzene rings is 1. The monoisotopic (exact) mass is 419 g/mol. The van der Waals surface area contributed by atoms with Crippen molar-refractivity contribution in [2.24, 2.45) is 5.92 Å². The summed E-state index contributed by atoms with van der Waals surface area (Å²) in [5.41, 5.74) is -0.0728. The van der Waals surface area contributed by atoms with Crippen molar-refractivity contribution in [3.8, 4) is 11.5 Å². The van der Waals surface area contributed by atoms with Crippen LogP contribution in [0.2, 0.25) is 0 Å². The third kappa shape index (κ3) is 6.01. The Bertz CT molecular complexity index is 796. The Kier molecular flexibility index (Phi) is 6.69. The van der Waals surface area contributed by atoms with Crippen LogP contribution >= 0.6 is 0 Å². The lowest BCUT2D eigenvalue weighted by Gasteiger charge is -2.32. The molecule has 2 heterocycles. The first-order chi connectivity index (χ1) is 14.2. The van der Waals surface area contributed by atoms with Crippen LogP contribution < -0.4 is 20.1 Å². The minimum atomic E-state index is -0.601. The molecule has 1 aromatic carbocycles. The van der Waals surface area contributed by atoms with Gasteiger partial charge in [-0.25, -0.2) is 4.79 Å². The third-order valence-corrected chi connectivity index (χ3v) is 4.94. The van der Waals surface area contributed by atoms with Crippen LogP contribution in [0.5, 0.6) is 11.5 Å². The van der Waals surface area contributed by atoms with Crippen LogP contribution in [0.4, 0.5) is 4.79 Å². The Morgan fingerprint density at radius 1 is 1.10 bits per heavy atom. The lowest BCUT2D eigenvalue weighted by Crippen LogP contribution is -2.46. The molecule has 1 aromatic rings. The van der Waals surface area contributed by atoms with E-state index in [0.717, 1.165) is 12.8 Å². The van der Waals surface area contributed by atoms with Gasteiger partial charge in [-0.1, -0.05) is 0 Å². The van der Waals surface area contributed by atoms with E-state index in [2.05, 4.69) is 10.6 Å². The highest BCUT2D eigenvalue weighted by Gasteiger charge is 2.24. The zero-order valence-electron chi connectivity index (χ0n) is 17.7. The average Bonchev–Trinajstić information content (AvgIpc) is 3.17. The summed E-state index contributed by atoms with van der Waals surface area (Å²) in [6.45, 7) is 7.13. The molecule has 2 aliphatic heterocycles. The van der Waals surface area contributed by atoms with Gasteiger partial charge in [0.1, 0.15) is 12.1 Å². The molecule has 2 aliphatic rings. The van der Waals surface area contributed by atoms with Gasteiger partial charge in [0, 0.05) is 25.2 Å². The zero-order chi connectivity index (χ0) is 21.7. The van der Waals surface area contributed by atoms with Crippen LogP contribution in [0.1, 0.15) is 44.0 Å². The van der Waals surface area contributed by atoms with E-state index in [1.165, 1.54) is 0 Å².